The SMILES string of the molecule is Cn1cnc(-c2cccc(NC(=O)c3ccsc3)c2)n1. The van der Waals surface area contributed by atoms with Crippen LogP contribution in [0.1, 0.15) is 10.4 Å². The van der Waals surface area contributed by atoms with Crippen molar-refractivity contribution in [1.82, 2.24) is 14.8 Å². The lowest BCUT2D eigenvalue weighted by Crippen LogP contribution is -2.10. The zero-order valence-corrected chi connectivity index (χ0v) is 11.6. The summed E-state index contributed by atoms with van der Waals surface area (Å²) >= 11 is 1.50. The zero-order valence-electron chi connectivity index (χ0n) is 10.8. The molecule has 0 bridgehead atoms. The fraction of sp³-hybridized carbons (Fsp3) is 0.0714. The van der Waals surface area contributed by atoms with Crippen molar-refractivity contribution in [2.24, 2.45) is 7.05 Å². The lowest BCUT2D eigenvalue weighted by Gasteiger charge is -2.05. The Morgan fingerprint density at radius 2 is 2.25 bits per heavy atom. The largest absolute Gasteiger partial charge is 0.322 e. The van der Waals surface area contributed by atoms with Gasteiger partial charge in [-0.1, -0.05) is 12.1 Å². The maximum atomic E-state index is 12.0. The summed E-state index contributed by atoms with van der Waals surface area (Å²) in [6.45, 7) is 0. The normalized spacial score (nSPS) is 10.4. The molecule has 0 unspecified atom stereocenters. The molecule has 1 N–H and O–H groups in total. The van der Waals surface area contributed by atoms with Crippen LogP contribution in [0, 0.1) is 0 Å². The average Bonchev–Trinajstić information content (AvgIpc) is 3.10. The molecule has 0 aliphatic rings. The summed E-state index contributed by atoms with van der Waals surface area (Å²) in [6, 6.07) is 9.28. The Labute approximate surface area is 119 Å². The van der Waals surface area contributed by atoms with E-state index in [1.165, 1.54) is 11.3 Å². The molecule has 0 spiro atoms. The Hall–Kier alpha value is -2.47. The number of hydrogen-bond acceptors (Lipinski definition) is 4. The van der Waals surface area contributed by atoms with Crippen LogP contribution >= 0.6 is 11.3 Å². The van der Waals surface area contributed by atoms with Crippen LogP contribution in [0.5, 0.6) is 0 Å². The van der Waals surface area contributed by atoms with Crippen molar-refractivity contribution in [1.29, 1.82) is 0 Å². The number of hydrogen-bond donors (Lipinski definition) is 1. The molecule has 2 aromatic heterocycles. The molecule has 0 saturated heterocycles. The number of benzene rings is 1. The molecule has 1 aromatic carbocycles. The van der Waals surface area contributed by atoms with Gasteiger partial charge < -0.3 is 5.32 Å². The minimum absolute atomic E-state index is 0.114. The molecule has 5 nitrogen and oxygen atoms in total. The summed E-state index contributed by atoms with van der Waals surface area (Å²) in [7, 11) is 1.82. The van der Waals surface area contributed by atoms with Gasteiger partial charge in [0.25, 0.3) is 5.91 Å². The number of nitrogens with zero attached hydrogens (tertiary/aromatic N) is 3. The fourth-order valence-electron chi connectivity index (χ4n) is 1.80. The van der Waals surface area contributed by atoms with E-state index in [0.717, 1.165) is 11.3 Å². The van der Waals surface area contributed by atoms with E-state index in [9.17, 15) is 4.79 Å². The number of rotatable bonds is 3. The highest BCUT2D eigenvalue weighted by atomic mass is 32.1. The van der Waals surface area contributed by atoms with Crippen molar-refractivity contribution in [3.8, 4) is 11.4 Å². The van der Waals surface area contributed by atoms with Crippen LogP contribution in [0.2, 0.25) is 0 Å². The molecule has 2 heterocycles. The molecule has 0 radical (unpaired) electrons. The highest BCUT2D eigenvalue weighted by molar-refractivity contribution is 7.08. The molecule has 0 saturated carbocycles. The van der Waals surface area contributed by atoms with E-state index in [-0.39, 0.29) is 5.91 Å². The summed E-state index contributed by atoms with van der Waals surface area (Å²) < 4.78 is 1.64. The van der Waals surface area contributed by atoms with Gasteiger partial charge in [-0.2, -0.15) is 16.4 Å². The Kier molecular flexibility index (Phi) is 3.30. The first-order valence-electron chi connectivity index (χ1n) is 6.02. The number of amides is 1. The number of anilines is 1. The van der Waals surface area contributed by atoms with E-state index in [1.54, 1.807) is 17.1 Å². The van der Waals surface area contributed by atoms with Crippen molar-refractivity contribution in [3.63, 3.8) is 0 Å². The first kappa shape index (κ1) is 12.6. The maximum absolute atomic E-state index is 12.0. The second-order valence-corrected chi connectivity index (χ2v) is 5.07. The highest BCUT2D eigenvalue weighted by Crippen LogP contribution is 2.19. The van der Waals surface area contributed by atoms with E-state index < -0.39 is 0 Å². The minimum Gasteiger partial charge on any atom is -0.322 e. The van der Waals surface area contributed by atoms with Gasteiger partial charge in [-0.3, -0.25) is 9.48 Å². The molecule has 0 fully saturated rings. The molecule has 0 atom stereocenters. The van der Waals surface area contributed by atoms with Crippen molar-refractivity contribution < 1.29 is 4.79 Å². The zero-order chi connectivity index (χ0) is 13.9. The average molecular weight is 284 g/mol. The molecule has 3 rings (SSSR count). The van der Waals surface area contributed by atoms with Gasteiger partial charge in [-0.05, 0) is 23.6 Å². The van der Waals surface area contributed by atoms with Gasteiger partial charge in [0.2, 0.25) is 0 Å². The minimum atomic E-state index is -0.114. The first-order valence-corrected chi connectivity index (χ1v) is 6.96. The summed E-state index contributed by atoms with van der Waals surface area (Å²) in [4.78, 5) is 16.2. The second kappa shape index (κ2) is 5.26. The molecule has 0 aliphatic carbocycles. The van der Waals surface area contributed by atoms with Crippen LogP contribution < -0.4 is 5.32 Å². The maximum Gasteiger partial charge on any atom is 0.256 e. The first-order chi connectivity index (χ1) is 9.72. The predicted octanol–water partition coefficient (Wildman–Crippen LogP) is 2.80. The number of nitrogens with one attached hydrogen (secondary N) is 1. The van der Waals surface area contributed by atoms with Crippen molar-refractivity contribution >= 4 is 22.9 Å². The van der Waals surface area contributed by atoms with Crippen molar-refractivity contribution in [2.75, 3.05) is 5.32 Å². The quantitative estimate of drug-likeness (QED) is 0.804. The molecule has 100 valence electrons. The Morgan fingerprint density at radius 3 is 2.95 bits per heavy atom. The number of aromatic nitrogens is 3. The molecule has 1 amide bonds. The van der Waals surface area contributed by atoms with Crippen LogP contribution in [0.15, 0.2) is 47.4 Å². The molecular weight excluding hydrogens is 272 g/mol. The number of carbonyl (C=O) groups is 1. The molecule has 20 heavy (non-hydrogen) atoms. The van der Waals surface area contributed by atoms with E-state index in [2.05, 4.69) is 15.4 Å². The number of thiophene rings is 1. The Balaban J connectivity index is 1.83. The Morgan fingerprint density at radius 1 is 1.35 bits per heavy atom. The topological polar surface area (TPSA) is 59.8 Å². The number of aryl methyl sites for hydroxylation is 1. The third kappa shape index (κ3) is 2.60. The highest BCUT2D eigenvalue weighted by Gasteiger charge is 2.08. The molecule has 0 aliphatic heterocycles. The summed E-state index contributed by atoms with van der Waals surface area (Å²) in [5.41, 5.74) is 2.26. The van der Waals surface area contributed by atoms with Gasteiger partial charge in [-0.15, -0.1) is 0 Å². The number of carbonyl (C=O) groups excluding carboxylic acids is 1. The monoisotopic (exact) mass is 284 g/mol. The lowest BCUT2D eigenvalue weighted by molar-refractivity contribution is 0.102. The van der Waals surface area contributed by atoms with Gasteiger partial charge in [0.1, 0.15) is 6.33 Å². The molecule has 6 heteroatoms. The van der Waals surface area contributed by atoms with Crippen LogP contribution in [-0.4, -0.2) is 20.7 Å². The molecule has 3 aromatic rings. The van der Waals surface area contributed by atoms with Crippen LogP contribution in [-0.2, 0) is 7.05 Å². The van der Waals surface area contributed by atoms with E-state index in [0.29, 0.717) is 11.4 Å². The molecular formula is C14H12N4OS. The van der Waals surface area contributed by atoms with E-state index >= 15 is 0 Å². The van der Waals surface area contributed by atoms with Gasteiger partial charge in [-0.25, -0.2) is 4.98 Å². The van der Waals surface area contributed by atoms with Crippen LogP contribution in [0.3, 0.4) is 0 Å². The standard InChI is InChI=1S/C14H12N4OS/c1-18-9-15-13(17-18)10-3-2-4-12(7-10)16-14(19)11-5-6-20-8-11/h2-9H,1H3,(H,16,19). The predicted molar refractivity (Wildman–Crippen MR) is 78.7 cm³/mol. The summed E-state index contributed by atoms with van der Waals surface area (Å²) in [5, 5.41) is 10.8. The summed E-state index contributed by atoms with van der Waals surface area (Å²) in [5.74, 6) is 0.525. The van der Waals surface area contributed by atoms with E-state index in [1.807, 2.05) is 42.1 Å². The van der Waals surface area contributed by atoms with Crippen molar-refractivity contribution in [2.45, 2.75) is 0 Å². The van der Waals surface area contributed by atoms with Crippen LogP contribution in [0.4, 0.5) is 5.69 Å². The van der Waals surface area contributed by atoms with Gasteiger partial charge in [0.05, 0.1) is 5.56 Å². The Bertz CT molecular complexity index is 733. The fourth-order valence-corrected chi connectivity index (χ4v) is 2.44. The van der Waals surface area contributed by atoms with Gasteiger partial charge in [0, 0.05) is 23.7 Å². The van der Waals surface area contributed by atoms with E-state index in [4.69, 9.17) is 0 Å². The smallest absolute Gasteiger partial charge is 0.256 e. The third-order valence-electron chi connectivity index (χ3n) is 2.76. The lowest BCUT2D eigenvalue weighted by atomic mass is 10.2. The third-order valence-corrected chi connectivity index (χ3v) is 3.44. The van der Waals surface area contributed by atoms with Gasteiger partial charge in [0.15, 0.2) is 5.82 Å². The van der Waals surface area contributed by atoms with Crippen LogP contribution in [0.25, 0.3) is 11.4 Å². The van der Waals surface area contributed by atoms with Gasteiger partial charge >= 0.3 is 0 Å². The second-order valence-electron chi connectivity index (χ2n) is 4.29. The summed E-state index contributed by atoms with van der Waals surface area (Å²) in [6.07, 6.45) is 1.64. The van der Waals surface area contributed by atoms with Crippen molar-refractivity contribution in [3.05, 3.63) is 53.0 Å².